The maximum Gasteiger partial charge on any atom is 0.311 e. The minimum Gasteiger partial charge on any atom is -1.00 e. The van der Waals surface area contributed by atoms with E-state index in [0.717, 1.165) is 5.56 Å². The summed E-state index contributed by atoms with van der Waals surface area (Å²) in [5.41, 5.74) is 0.819. The van der Waals surface area contributed by atoms with Crippen LogP contribution in [0.4, 0.5) is 5.69 Å². The molecule has 0 unspecified atom stereocenters. The van der Waals surface area contributed by atoms with Crippen LogP contribution in [0.15, 0.2) is 18.2 Å². The minimum absolute atomic E-state index is 0. The first kappa shape index (κ1) is 17.6. The number of hydrogen-bond acceptors (Lipinski definition) is 4. The molecule has 0 saturated carbocycles. The van der Waals surface area contributed by atoms with Gasteiger partial charge in [0.15, 0.2) is 5.75 Å². The molecule has 1 aromatic rings. The number of quaternary nitrogens is 1. The van der Waals surface area contributed by atoms with Crippen LogP contribution in [-0.4, -0.2) is 48.9 Å². The standard InChI is InChI=1S/C12H19N2O4.ClH/c1-14(2,6-7-15)9-10-4-5-12(18-3)11(8-10)13(16)17;/h4-5,8,15H,6-7,9H2,1-3H3;1H/q+1;/p-1. The Balaban J connectivity index is 0.00000324. The van der Waals surface area contributed by atoms with Crippen LogP contribution < -0.4 is 17.1 Å². The van der Waals surface area contributed by atoms with E-state index in [1.165, 1.54) is 13.2 Å². The van der Waals surface area contributed by atoms with Crippen LogP contribution in [0.5, 0.6) is 5.75 Å². The lowest BCUT2D eigenvalue weighted by molar-refractivity contribution is -0.903. The maximum absolute atomic E-state index is 10.9. The summed E-state index contributed by atoms with van der Waals surface area (Å²) < 4.78 is 5.52. The van der Waals surface area contributed by atoms with Gasteiger partial charge in [-0.15, -0.1) is 0 Å². The number of benzene rings is 1. The molecule has 7 heteroatoms. The summed E-state index contributed by atoms with van der Waals surface area (Å²) in [6.07, 6.45) is 0. The number of aliphatic hydroxyl groups excluding tert-OH is 1. The van der Waals surface area contributed by atoms with E-state index < -0.39 is 4.92 Å². The summed E-state index contributed by atoms with van der Waals surface area (Å²) in [5.74, 6) is 0.260. The highest BCUT2D eigenvalue weighted by Gasteiger charge is 2.20. The topological polar surface area (TPSA) is 72.6 Å². The van der Waals surface area contributed by atoms with Crippen molar-refractivity contribution in [3.63, 3.8) is 0 Å². The van der Waals surface area contributed by atoms with E-state index in [2.05, 4.69) is 0 Å². The van der Waals surface area contributed by atoms with Gasteiger partial charge in [-0.2, -0.15) is 0 Å². The fraction of sp³-hybridized carbons (Fsp3) is 0.500. The first-order chi connectivity index (χ1) is 8.39. The molecule has 0 atom stereocenters. The minimum atomic E-state index is -0.450. The second kappa shape index (κ2) is 7.28. The Morgan fingerprint density at radius 2 is 2.05 bits per heavy atom. The van der Waals surface area contributed by atoms with Gasteiger partial charge in [-0.05, 0) is 12.1 Å². The second-order valence-corrected chi connectivity index (χ2v) is 4.80. The highest BCUT2D eigenvalue weighted by molar-refractivity contribution is 5.48. The fourth-order valence-electron chi connectivity index (χ4n) is 1.82. The van der Waals surface area contributed by atoms with Crippen LogP contribution in [0.3, 0.4) is 0 Å². The Bertz CT molecular complexity index is 438. The zero-order chi connectivity index (χ0) is 13.8. The van der Waals surface area contributed by atoms with Crippen molar-refractivity contribution in [3.8, 4) is 5.75 Å². The van der Waals surface area contributed by atoms with E-state index in [1.807, 2.05) is 20.2 Å². The largest absolute Gasteiger partial charge is 1.00 e. The summed E-state index contributed by atoms with van der Waals surface area (Å²) >= 11 is 0. The van der Waals surface area contributed by atoms with E-state index in [-0.39, 0.29) is 30.5 Å². The molecular formula is C12H19ClN2O4. The van der Waals surface area contributed by atoms with Crippen molar-refractivity contribution >= 4 is 5.69 Å². The number of hydrogen-bond donors (Lipinski definition) is 1. The number of aliphatic hydroxyl groups is 1. The number of nitro groups is 1. The van der Waals surface area contributed by atoms with Crippen molar-refractivity contribution in [1.82, 2.24) is 0 Å². The van der Waals surface area contributed by atoms with Crippen molar-refractivity contribution in [3.05, 3.63) is 33.9 Å². The summed E-state index contributed by atoms with van der Waals surface area (Å²) in [5, 5.41) is 19.9. The van der Waals surface area contributed by atoms with E-state index in [4.69, 9.17) is 9.84 Å². The third-order valence-corrected chi connectivity index (χ3v) is 2.76. The van der Waals surface area contributed by atoms with Crippen LogP contribution in [0.2, 0.25) is 0 Å². The van der Waals surface area contributed by atoms with Crippen molar-refractivity contribution in [2.45, 2.75) is 6.54 Å². The molecule has 0 heterocycles. The van der Waals surface area contributed by atoms with Crippen molar-refractivity contribution in [1.29, 1.82) is 0 Å². The molecular weight excluding hydrogens is 272 g/mol. The smallest absolute Gasteiger partial charge is 0.311 e. The summed E-state index contributed by atoms with van der Waals surface area (Å²) in [7, 11) is 5.34. The number of likely N-dealkylation sites (N-methyl/N-ethyl adjacent to an activating group) is 1. The van der Waals surface area contributed by atoms with Gasteiger partial charge in [0, 0.05) is 11.6 Å². The van der Waals surface area contributed by atoms with Crippen LogP contribution in [0, 0.1) is 10.1 Å². The number of methoxy groups -OCH3 is 1. The SMILES string of the molecule is COc1ccc(C[N+](C)(C)CCO)cc1[N+](=O)[O-].[Cl-]. The number of ether oxygens (including phenoxy) is 1. The van der Waals surface area contributed by atoms with Gasteiger partial charge >= 0.3 is 5.69 Å². The molecule has 0 fully saturated rings. The molecule has 6 nitrogen and oxygen atoms in total. The molecule has 0 bridgehead atoms. The number of nitro benzene ring substituents is 1. The molecule has 0 amide bonds. The predicted molar refractivity (Wildman–Crippen MR) is 67.4 cm³/mol. The Kier molecular flexibility index (Phi) is 6.75. The van der Waals surface area contributed by atoms with Crippen LogP contribution in [0.25, 0.3) is 0 Å². The van der Waals surface area contributed by atoms with E-state index in [1.54, 1.807) is 6.07 Å². The van der Waals surface area contributed by atoms with Gasteiger partial charge in [0.25, 0.3) is 0 Å². The van der Waals surface area contributed by atoms with Crippen LogP contribution in [0.1, 0.15) is 5.56 Å². The predicted octanol–water partition coefficient (Wildman–Crippen LogP) is -1.82. The lowest BCUT2D eigenvalue weighted by Gasteiger charge is -2.28. The summed E-state index contributed by atoms with van der Waals surface area (Å²) in [4.78, 5) is 10.5. The molecule has 1 aromatic carbocycles. The summed E-state index contributed by atoms with van der Waals surface area (Å²) in [6.45, 7) is 1.30. The third-order valence-electron chi connectivity index (χ3n) is 2.76. The van der Waals surface area contributed by atoms with Crippen LogP contribution >= 0.6 is 0 Å². The second-order valence-electron chi connectivity index (χ2n) is 4.80. The number of nitrogens with zero attached hydrogens (tertiary/aromatic N) is 2. The van der Waals surface area contributed by atoms with Gasteiger partial charge in [0.2, 0.25) is 0 Å². The molecule has 0 aliphatic rings. The van der Waals surface area contributed by atoms with Crippen LogP contribution in [-0.2, 0) is 6.54 Å². The molecule has 1 N–H and O–H groups in total. The average molecular weight is 291 g/mol. The van der Waals surface area contributed by atoms with Crippen molar-refractivity contribution < 1.29 is 31.7 Å². The lowest BCUT2D eigenvalue weighted by atomic mass is 10.1. The van der Waals surface area contributed by atoms with Crippen molar-refractivity contribution in [2.24, 2.45) is 0 Å². The molecule has 0 aliphatic carbocycles. The molecule has 0 spiro atoms. The molecule has 108 valence electrons. The molecule has 0 aliphatic heterocycles. The summed E-state index contributed by atoms with van der Waals surface area (Å²) in [6, 6.07) is 4.94. The highest BCUT2D eigenvalue weighted by Crippen LogP contribution is 2.28. The van der Waals surface area contributed by atoms with Crippen molar-refractivity contribution in [2.75, 3.05) is 34.4 Å². The normalized spacial score (nSPS) is 10.7. The van der Waals surface area contributed by atoms with Gasteiger partial charge in [0.05, 0.1) is 32.7 Å². The zero-order valence-electron chi connectivity index (χ0n) is 11.3. The highest BCUT2D eigenvalue weighted by atomic mass is 35.5. The Morgan fingerprint density at radius 3 is 2.53 bits per heavy atom. The first-order valence-corrected chi connectivity index (χ1v) is 5.64. The van der Waals surface area contributed by atoms with Gasteiger partial charge in [-0.1, -0.05) is 0 Å². The lowest BCUT2D eigenvalue weighted by Crippen LogP contribution is -3.00. The molecule has 1 rings (SSSR count). The van der Waals surface area contributed by atoms with E-state index in [9.17, 15) is 10.1 Å². The molecule has 0 aromatic heterocycles. The third kappa shape index (κ3) is 5.02. The quantitative estimate of drug-likeness (QED) is 0.380. The van der Waals surface area contributed by atoms with Gasteiger partial charge in [0.1, 0.15) is 13.1 Å². The monoisotopic (exact) mass is 290 g/mol. The fourth-order valence-corrected chi connectivity index (χ4v) is 1.82. The van der Waals surface area contributed by atoms with E-state index in [0.29, 0.717) is 17.6 Å². The average Bonchev–Trinajstić information content (AvgIpc) is 2.28. The number of halogens is 1. The molecule has 19 heavy (non-hydrogen) atoms. The zero-order valence-corrected chi connectivity index (χ0v) is 12.1. The Labute approximate surface area is 118 Å². The molecule has 0 saturated heterocycles. The Morgan fingerprint density at radius 1 is 1.42 bits per heavy atom. The molecule has 0 radical (unpaired) electrons. The number of rotatable bonds is 6. The maximum atomic E-state index is 10.9. The van der Waals surface area contributed by atoms with Gasteiger partial charge in [-0.3, -0.25) is 10.1 Å². The first-order valence-electron chi connectivity index (χ1n) is 5.64. The Hall–Kier alpha value is -1.37. The van der Waals surface area contributed by atoms with Gasteiger partial charge in [-0.25, -0.2) is 0 Å². The van der Waals surface area contributed by atoms with E-state index >= 15 is 0 Å². The van der Waals surface area contributed by atoms with Gasteiger partial charge < -0.3 is 26.7 Å².